The fraction of sp³-hybridized carbons (Fsp3) is 0.286. The van der Waals surface area contributed by atoms with Crippen molar-refractivity contribution in [1.29, 1.82) is 0 Å². The van der Waals surface area contributed by atoms with Crippen molar-refractivity contribution >= 4 is 22.9 Å². The molecule has 0 aliphatic heterocycles. The van der Waals surface area contributed by atoms with Crippen molar-refractivity contribution < 1.29 is 14.8 Å². The summed E-state index contributed by atoms with van der Waals surface area (Å²) in [4.78, 5) is 26.4. The highest BCUT2D eigenvalue weighted by Crippen LogP contribution is 2.25. The van der Waals surface area contributed by atoms with Crippen molar-refractivity contribution in [1.82, 2.24) is 10.3 Å². The molecule has 0 fully saturated rings. The van der Waals surface area contributed by atoms with Gasteiger partial charge >= 0.3 is 0 Å². The zero-order valence-electron chi connectivity index (χ0n) is 12.1. The van der Waals surface area contributed by atoms with Gasteiger partial charge in [-0.3, -0.25) is 14.9 Å². The van der Waals surface area contributed by atoms with E-state index in [1.165, 1.54) is 23.5 Å². The molecule has 0 unspecified atom stereocenters. The largest absolute Gasteiger partial charge is 0.394 e. The van der Waals surface area contributed by atoms with Crippen molar-refractivity contribution in [2.75, 3.05) is 6.61 Å². The summed E-state index contributed by atoms with van der Waals surface area (Å²) in [5.41, 5.74) is 0.229. The predicted octanol–water partition coefficient (Wildman–Crippen LogP) is 2.22. The number of aliphatic hydroxyl groups excluding tert-OH is 1. The molecule has 1 aromatic carbocycles. The van der Waals surface area contributed by atoms with Gasteiger partial charge in [0, 0.05) is 23.1 Å². The Bertz CT molecular complexity index is 694. The topological polar surface area (TPSA) is 105 Å². The number of aromatic nitrogens is 1. The molecule has 2 rings (SSSR count). The van der Waals surface area contributed by atoms with E-state index in [0.717, 1.165) is 0 Å². The average molecular weight is 321 g/mol. The number of nitro benzene ring substituents is 1. The van der Waals surface area contributed by atoms with Gasteiger partial charge in [-0.1, -0.05) is 0 Å². The normalized spacial score (nSPS) is 11.2. The van der Waals surface area contributed by atoms with Crippen LogP contribution < -0.4 is 5.32 Å². The third kappa shape index (κ3) is 3.66. The number of nitrogens with zero attached hydrogens (tertiary/aromatic N) is 2. The zero-order valence-corrected chi connectivity index (χ0v) is 12.9. The maximum absolute atomic E-state index is 12.0. The number of hydrogen-bond acceptors (Lipinski definition) is 6. The van der Waals surface area contributed by atoms with Crippen molar-refractivity contribution in [2.24, 2.45) is 0 Å². The molecule has 0 radical (unpaired) electrons. The second kappa shape index (κ2) is 6.20. The number of carbonyl (C=O) groups is 1. The van der Waals surface area contributed by atoms with E-state index in [0.29, 0.717) is 10.6 Å². The molecule has 0 bridgehead atoms. The summed E-state index contributed by atoms with van der Waals surface area (Å²) in [7, 11) is 0. The fourth-order valence-corrected chi connectivity index (χ4v) is 2.45. The van der Waals surface area contributed by atoms with Gasteiger partial charge in [-0.2, -0.15) is 0 Å². The molecular weight excluding hydrogens is 306 g/mol. The van der Waals surface area contributed by atoms with E-state index in [4.69, 9.17) is 5.11 Å². The Kier molecular flexibility index (Phi) is 4.53. The van der Waals surface area contributed by atoms with E-state index in [1.54, 1.807) is 31.4 Å². The minimum Gasteiger partial charge on any atom is -0.394 e. The minimum atomic E-state index is -0.728. The van der Waals surface area contributed by atoms with Crippen LogP contribution in [0.1, 0.15) is 24.3 Å². The van der Waals surface area contributed by atoms with Gasteiger partial charge in [0.15, 0.2) is 0 Å². The lowest BCUT2D eigenvalue weighted by Gasteiger charge is -2.22. The molecule has 0 spiro atoms. The van der Waals surface area contributed by atoms with Crippen LogP contribution in [-0.4, -0.2) is 33.1 Å². The van der Waals surface area contributed by atoms with E-state index in [2.05, 4.69) is 10.3 Å². The molecule has 1 heterocycles. The van der Waals surface area contributed by atoms with Crippen LogP contribution >= 0.6 is 11.3 Å². The van der Waals surface area contributed by atoms with E-state index < -0.39 is 10.5 Å². The Hall–Kier alpha value is -2.32. The Morgan fingerprint density at radius 2 is 2.05 bits per heavy atom. The average Bonchev–Trinajstić information content (AvgIpc) is 2.97. The highest BCUT2D eigenvalue weighted by Gasteiger charge is 2.21. The molecule has 2 aromatic rings. The van der Waals surface area contributed by atoms with E-state index in [9.17, 15) is 14.9 Å². The molecule has 116 valence electrons. The highest BCUT2D eigenvalue weighted by atomic mass is 32.1. The zero-order chi connectivity index (χ0) is 16.3. The number of hydrogen-bond donors (Lipinski definition) is 2. The first-order valence-corrected chi connectivity index (χ1v) is 7.34. The summed E-state index contributed by atoms with van der Waals surface area (Å²) >= 11 is 1.27. The van der Waals surface area contributed by atoms with Gasteiger partial charge in [0.2, 0.25) is 0 Å². The van der Waals surface area contributed by atoms with Crippen LogP contribution in [-0.2, 0) is 0 Å². The number of rotatable bonds is 5. The quantitative estimate of drug-likeness (QED) is 0.649. The molecule has 7 nitrogen and oxygen atoms in total. The highest BCUT2D eigenvalue weighted by molar-refractivity contribution is 7.13. The Morgan fingerprint density at radius 1 is 1.41 bits per heavy atom. The van der Waals surface area contributed by atoms with Crippen LogP contribution in [0.4, 0.5) is 5.69 Å². The van der Waals surface area contributed by atoms with Crippen LogP contribution in [0.15, 0.2) is 29.6 Å². The maximum atomic E-state index is 12.0. The summed E-state index contributed by atoms with van der Waals surface area (Å²) in [6.45, 7) is 3.22. The molecule has 0 atom stereocenters. The van der Waals surface area contributed by atoms with Gasteiger partial charge in [0.25, 0.3) is 11.6 Å². The van der Waals surface area contributed by atoms with Gasteiger partial charge in [-0.15, -0.1) is 11.3 Å². The Labute approximate surface area is 130 Å². The molecule has 22 heavy (non-hydrogen) atoms. The molecule has 8 heteroatoms. The lowest BCUT2D eigenvalue weighted by Crippen LogP contribution is -2.46. The van der Waals surface area contributed by atoms with E-state index >= 15 is 0 Å². The smallest absolute Gasteiger partial charge is 0.271 e. The molecule has 0 aliphatic rings. The number of carbonyl (C=O) groups excluding carboxylic acids is 1. The van der Waals surface area contributed by atoms with Crippen molar-refractivity contribution in [3.05, 3.63) is 45.5 Å². The van der Waals surface area contributed by atoms with Crippen LogP contribution in [0.25, 0.3) is 10.6 Å². The van der Waals surface area contributed by atoms with Crippen LogP contribution in [0, 0.1) is 10.1 Å². The molecule has 1 aromatic heterocycles. The Balaban J connectivity index is 2.17. The molecule has 0 saturated heterocycles. The Morgan fingerprint density at radius 3 is 2.59 bits per heavy atom. The summed E-state index contributed by atoms with van der Waals surface area (Å²) in [6, 6.07) is 5.98. The first kappa shape index (κ1) is 16.1. The number of nitrogens with one attached hydrogen (secondary N) is 1. The fourth-order valence-electron chi connectivity index (χ4n) is 1.65. The lowest BCUT2D eigenvalue weighted by molar-refractivity contribution is -0.384. The number of nitro groups is 1. The minimum absolute atomic E-state index is 0.00275. The number of thiazole rings is 1. The van der Waals surface area contributed by atoms with Crippen molar-refractivity contribution in [3.8, 4) is 10.6 Å². The number of aliphatic hydroxyl groups is 1. The second-order valence-corrected chi connectivity index (χ2v) is 6.20. The standard InChI is InChI=1S/C14H15N3O4S/c1-14(2,8-18)16-12(19)11-7-22-13(15-11)9-3-5-10(6-4-9)17(20)21/h3-7,18H,8H2,1-2H3,(H,16,19). The van der Waals surface area contributed by atoms with Crippen LogP contribution in [0.2, 0.25) is 0 Å². The van der Waals surface area contributed by atoms with E-state index in [-0.39, 0.29) is 23.9 Å². The number of benzene rings is 1. The summed E-state index contributed by atoms with van der Waals surface area (Å²) in [6.07, 6.45) is 0. The SMILES string of the molecule is CC(C)(CO)NC(=O)c1csc(-c2ccc([N+](=O)[O-])cc2)n1. The summed E-state index contributed by atoms with van der Waals surface area (Å²) < 4.78 is 0. The molecular formula is C14H15N3O4S. The summed E-state index contributed by atoms with van der Waals surface area (Å²) in [5.74, 6) is -0.372. The van der Waals surface area contributed by atoms with Gasteiger partial charge in [0.1, 0.15) is 10.7 Å². The van der Waals surface area contributed by atoms with E-state index in [1.807, 2.05) is 0 Å². The summed E-state index contributed by atoms with van der Waals surface area (Å²) in [5, 5.41) is 24.7. The van der Waals surface area contributed by atoms with Gasteiger partial charge in [-0.05, 0) is 26.0 Å². The first-order valence-electron chi connectivity index (χ1n) is 6.46. The van der Waals surface area contributed by atoms with Gasteiger partial charge < -0.3 is 10.4 Å². The van der Waals surface area contributed by atoms with Crippen molar-refractivity contribution in [3.63, 3.8) is 0 Å². The second-order valence-electron chi connectivity index (χ2n) is 5.34. The lowest BCUT2D eigenvalue weighted by atomic mass is 10.1. The van der Waals surface area contributed by atoms with Gasteiger partial charge in [-0.25, -0.2) is 4.98 Å². The molecule has 0 aliphatic carbocycles. The number of amides is 1. The molecule has 1 amide bonds. The molecule has 2 N–H and O–H groups in total. The van der Waals surface area contributed by atoms with Crippen LogP contribution in [0.3, 0.4) is 0 Å². The predicted molar refractivity (Wildman–Crippen MR) is 82.8 cm³/mol. The van der Waals surface area contributed by atoms with Gasteiger partial charge in [0.05, 0.1) is 17.1 Å². The monoisotopic (exact) mass is 321 g/mol. The van der Waals surface area contributed by atoms with Crippen molar-refractivity contribution in [2.45, 2.75) is 19.4 Å². The maximum Gasteiger partial charge on any atom is 0.271 e. The number of non-ortho nitro benzene ring substituents is 1. The third-order valence-corrected chi connectivity index (χ3v) is 3.80. The third-order valence-electron chi connectivity index (χ3n) is 2.91. The van der Waals surface area contributed by atoms with Crippen LogP contribution in [0.5, 0.6) is 0 Å². The molecule has 0 saturated carbocycles. The first-order chi connectivity index (χ1) is 10.3.